The number of nitrogens with zero attached hydrogens (tertiary/aromatic N) is 3. The molecule has 0 spiro atoms. The van der Waals surface area contributed by atoms with Crippen molar-refractivity contribution in [3.63, 3.8) is 0 Å². The zero-order valence-electron chi connectivity index (χ0n) is 10.7. The monoisotopic (exact) mass is 274 g/mol. The minimum atomic E-state index is 0.216. The summed E-state index contributed by atoms with van der Waals surface area (Å²) < 4.78 is 5.62. The van der Waals surface area contributed by atoms with Crippen LogP contribution < -0.4 is 15.4 Å². The average molecular weight is 274 g/mol. The minimum absolute atomic E-state index is 0.216. The second kappa shape index (κ2) is 5.62. The van der Waals surface area contributed by atoms with Gasteiger partial charge in [0.1, 0.15) is 16.4 Å². The Morgan fingerprint density at radius 1 is 1.26 bits per heavy atom. The summed E-state index contributed by atoms with van der Waals surface area (Å²) in [6.45, 7) is 0. The molecule has 2 aromatic rings. The molecule has 2 N–H and O–H groups in total. The van der Waals surface area contributed by atoms with E-state index in [1.165, 1.54) is 12.4 Å². The molecule has 0 saturated heterocycles. The van der Waals surface area contributed by atoms with Gasteiger partial charge in [0, 0.05) is 25.8 Å². The van der Waals surface area contributed by atoms with Crippen molar-refractivity contribution in [1.82, 2.24) is 9.97 Å². The highest BCUT2D eigenvalue weighted by Crippen LogP contribution is 2.23. The van der Waals surface area contributed by atoms with Crippen molar-refractivity contribution in [2.45, 2.75) is 0 Å². The summed E-state index contributed by atoms with van der Waals surface area (Å²) in [5, 5.41) is 0. The molecular formula is C13H14N4OS. The smallest absolute Gasteiger partial charge is 0.237 e. The molecule has 0 aliphatic heterocycles. The fourth-order valence-electron chi connectivity index (χ4n) is 1.44. The van der Waals surface area contributed by atoms with Gasteiger partial charge in [-0.05, 0) is 12.1 Å². The van der Waals surface area contributed by atoms with Gasteiger partial charge in [0.05, 0.1) is 12.4 Å². The number of nitrogens with two attached hydrogens (primary N) is 1. The second-order valence-corrected chi connectivity index (χ2v) is 4.54. The van der Waals surface area contributed by atoms with Gasteiger partial charge in [-0.25, -0.2) is 9.97 Å². The van der Waals surface area contributed by atoms with E-state index in [2.05, 4.69) is 9.97 Å². The van der Waals surface area contributed by atoms with Crippen LogP contribution in [0.3, 0.4) is 0 Å². The summed E-state index contributed by atoms with van der Waals surface area (Å²) in [7, 11) is 3.94. The van der Waals surface area contributed by atoms with Gasteiger partial charge in [0.25, 0.3) is 0 Å². The van der Waals surface area contributed by atoms with Gasteiger partial charge in [-0.3, -0.25) is 0 Å². The van der Waals surface area contributed by atoms with Gasteiger partial charge in [0.15, 0.2) is 0 Å². The summed E-state index contributed by atoms with van der Waals surface area (Å²) in [5.41, 5.74) is 6.97. The maximum atomic E-state index is 5.62. The van der Waals surface area contributed by atoms with Gasteiger partial charge in [-0.2, -0.15) is 0 Å². The molecule has 0 fully saturated rings. The SMILES string of the molecule is CN(C)c1cccc(Oc2cnc(C(N)=S)cn2)c1. The lowest BCUT2D eigenvalue weighted by molar-refractivity contribution is 0.460. The van der Waals surface area contributed by atoms with E-state index >= 15 is 0 Å². The molecule has 0 aliphatic carbocycles. The molecular weight excluding hydrogens is 260 g/mol. The number of ether oxygens (including phenoxy) is 1. The molecule has 1 aromatic carbocycles. The van der Waals surface area contributed by atoms with Crippen molar-refractivity contribution in [2.75, 3.05) is 19.0 Å². The van der Waals surface area contributed by atoms with E-state index in [1.807, 2.05) is 43.3 Å². The Bertz CT molecular complexity index is 583. The summed E-state index contributed by atoms with van der Waals surface area (Å²) in [6.07, 6.45) is 2.99. The van der Waals surface area contributed by atoms with Gasteiger partial charge < -0.3 is 15.4 Å². The Balaban J connectivity index is 2.16. The first-order valence-corrected chi connectivity index (χ1v) is 6.04. The van der Waals surface area contributed by atoms with Crippen LogP contribution in [0.15, 0.2) is 36.7 Å². The zero-order chi connectivity index (χ0) is 13.8. The van der Waals surface area contributed by atoms with E-state index in [9.17, 15) is 0 Å². The number of hydrogen-bond acceptors (Lipinski definition) is 5. The van der Waals surface area contributed by atoms with E-state index in [-0.39, 0.29) is 4.99 Å². The fourth-order valence-corrected chi connectivity index (χ4v) is 1.55. The molecule has 5 nitrogen and oxygen atoms in total. The van der Waals surface area contributed by atoms with Crippen molar-refractivity contribution in [1.29, 1.82) is 0 Å². The largest absolute Gasteiger partial charge is 0.437 e. The standard InChI is InChI=1S/C13H14N4OS/c1-17(2)9-4-3-5-10(6-9)18-12-8-15-11(7-16-12)13(14)19/h3-8H,1-2H3,(H2,14,19). The summed E-state index contributed by atoms with van der Waals surface area (Å²) in [6, 6.07) is 7.69. The van der Waals surface area contributed by atoms with Gasteiger partial charge in [0.2, 0.25) is 5.88 Å². The number of thiocarbonyl (C=S) groups is 1. The quantitative estimate of drug-likeness (QED) is 0.860. The van der Waals surface area contributed by atoms with Crippen LogP contribution in [0, 0.1) is 0 Å². The normalized spacial score (nSPS) is 10.0. The van der Waals surface area contributed by atoms with E-state index in [0.29, 0.717) is 17.3 Å². The highest BCUT2D eigenvalue weighted by Gasteiger charge is 2.03. The maximum absolute atomic E-state index is 5.62. The number of hydrogen-bond donors (Lipinski definition) is 1. The number of aromatic nitrogens is 2. The molecule has 1 heterocycles. The average Bonchev–Trinajstić information content (AvgIpc) is 2.39. The van der Waals surface area contributed by atoms with Gasteiger partial charge >= 0.3 is 0 Å². The summed E-state index contributed by atoms with van der Waals surface area (Å²) in [5.74, 6) is 1.10. The third-order valence-electron chi connectivity index (χ3n) is 2.44. The summed E-state index contributed by atoms with van der Waals surface area (Å²) >= 11 is 4.81. The molecule has 0 radical (unpaired) electrons. The van der Waals surface area contributed by atoms with E-state index < -0.39 is 0 Å². The topological polar surface area (TPSA) is 64.3 Å². The van der Waals surface area contributed by atoms with Crippen LogP contribution in [0.25, 0.3) is 0 Å². The highest BCUT2D eigenvalue weighted by molar-refractivity contribution is 7.80. The summed E-state index contributed by atoms with van der Waals surface area (Å²) in [4.78, 5) is 10.4. The van der Waals surface area contributed by atoms with Crippen LogP contribution >= 0.6 is 12.2 Å². The molecule has 0 amide bonds. The molecule has 19 heavy (non-hydrogen) atoms. The van der Waals surface area contributed by atoms with Gasteiger partial charge in [-0.1, -0.05) is 18.3 Å². The molecule has 0 unspecified atom stereocenters. The molecule has 1 aromatic heterocycles. The third-order valence-corrected chi connectivity index (χ3v) is 2.65. The fraction of sp³-hybridized carbons (Fsp3) is 0.154. The predicted molar refractivity (Wildman–Crippen MR) is 78.8 cm³/mol. The van der Waals surface area contributed by atoms with Crippen molar-refractivity contribution in [2.24, 2.45) is 5.73 Å². The van der Waals surface area contributed by atoms with Crippen LogP contribution in [0.1, 0.15) is 5.69 Å². The number of anilines is 1. The first-order chi connectivity index (χ1) is 9.06. The maximum Gasteiger partial charge on any atom is 0.237 e. The predicted octanol–water partition coefficient (Wildman–Crippen LogP) is 1.97. The number of rotatable bonds is 4. The second-order valence-electron chi connectivity index (χ2n) is 4.10. The highest BCUT2D eigenvalue weighted by atomic mass is 32.1. The van der Waals surface area contributed by atoms with E-state index in [0.717, 1.165) is 5.69 Å². The van der Waals surface area contributed by atoms with Crippen LogP contribution in [0.2, 0.25) is 0 Å². The molecule has 2 rings (SSSR count). The Morgan fingerprint density at radius 2 is 2.05 bits per heavy atom. The Kier molecular flexibility index (Phi) is 3.91. The Labute approximate surface area is 117 Å². The first-order valence-electron chi connectivity index (χ1n) is 5.63. The molecule has 98 valence electrons. The minimum Gasteiger partial charge on any atom is -0.437 e. The van der Waals surface area contributed by atoms with Crippen molar-refractivity contribution < 1.29 is 4.74 Å². The van der Waals surface area contributed by atoms with Crippen LogP contribution in [-0.4, -0.2) is 29.1 Å². The Hall–Kier alpha value is -2.21. The number of benzene rings is 1. The Morgan fingerprint density at radius 3 is 2.63 bits per heavy atom. The lowest BCUT2D eigenvalue weighted by Gasteiger charge is -2.13. The first kappa shape index (κ1) is 13.2. The molecule has 0 atom stereocenters. The lowest BCUT2D eigenvalue weighted by atomic mass is 10.3. The van der Waals surface area contributed by atoms with E-state index in [1.54, 1.807) is 0 Å². The van der Waals surface area contributed by atoms with Crippen molar-refractivity contribution in [3.8, 4) is 11.6 Å². The van der Waals surface area contributed by atoms with Crippen LogP contribution in [-0.2, 0) is 0 Å². The van der Waals surface area contributed by atoms with Crippen molar-refractivity contribution >= 4 is 22.9 Å². The zero-order valence-corrected chi connectivity index (χ0v) is 11.5. The lowest BCUT2D eigenvalue weighted by Crippen LogP contribution is -2.11. The van der Waals surface area contributed by atoms with Crippen LogP contribution in [0.4, 0.5) is 5.69 Å². The van der Waals surface area contributed by atoms with Crippen LogP contribution in [0.5, 0.6) is 11.6 Å². The van der Waals surface area contributed by atoms with Crippen molar-refractivity contribution in [3.05, 3.63) is 42.4 Å². The molecule has 0 aliphatic rings. The molecule has 6 heteroatoms. The van der Waals surface area contributed by atoms with Gasteiger partial charge in [-0.15, -0.1) is 0 Å². The molecule has 0 bridgehead atoms. The third kappa shape index (κ3) is 3.38. The molecule has 0 saturated carbocycles. The van der Waals surface area contributed by atoms with E-state index in [4.69, 9.17) is 22.7 Å².